The van der Waals surface area contributed by atoms with E-state index in [1.54, 1.807) is 36.0 Å². The van der Waals surface area contributed by atoms with Gasteiger partial charge in [0.05, 0.1) is 11.3 Å². The van der Waals surface area contributed by atoms with Gasteiger partial charge in [-0.1, -0.05) is 11.6 Å². The first kappa shape index (κ1) is 16.2. The van der Waals surface area contributed by atoms with Gasteiger partial charge in [-0.3, -0.25) is 4.79 Å². The van der Waals surface area contributed by atoms with Crippen LogP contribution < -0.4 is 10.1 Å². The molecular formula is C16H13ClN2O2S. The normalized spacial score (nSPS) is 9.86. The van der Waals surface area contributed by atoms with Gasteiger partial charge in [0.1, 0.15) is 11.8 Å². The topological polar surface area (TPSA) is 62.1 Å². The Hall–Kier alpha value is -2.16. The number of ether oxygens (including phenoxy) is 1. The van der Waals surface area contributed by atoms with E-state index >= 15 is 0 Å². The summed E-state index contributed by atoms with van der Waals surface area (Å²) in [5.41, 5.74) is 0.725. The zero-order chi connectivity index (χ0) is 15.9. The van der Waals surface area contributed by atoms with E-state index in [2.05, 4.69) is 5.32 Å². The third kappa shape index (κ3) is 4.42. The van der Waals surface area contributed by atoms with Gasteiger partial charge in [0.2, 0.25) is 0 Å². The number of carbonyl (C=O) groups excluding carboxylic acids is 1. The van der Waals surface area contributed by atoms with E-state index in [9.17, 15) is 4.79 Å². The van der Waals surface area contributed by atoms with Crippen LogP contribution in [0.2, 0.25) is 5.02 Å². The van der Waals surface area contributed by atoms with Crippen LogP contribution in [0.15, 0.2) is 47.4 Å². The Bertz CT molecular complexity index is 711. The predicted octanol–water partition coefficient (Wildman–Crippen LogP) is 3.95. The molecule has 1 N–H and O–H groups in total. The van der Waals surface area contributed by atoms with Crippen LogP contribution in [-0.2, 0) is 4.79 Å². The number of rotatable bonds is 5. The molecular weight excluding hydrogens is 320 g/mol. The third-order valence-corrected chi connectivity index (χ3v) is 3.78. The first-order valence-electron chi connectivity index (χ1n) is 6.38. The zero-order valence-corrected chi connectivity index (χ0v) is 13.4. The number of anilines is 1. The maximum atomic E-state index is 11.9. The van der Waals surface area contributed by atoms with Crippen molar-refractivity contribution in [3.8, 4) is 11.8 Å². The Labute approximate surface area is 138 Å². The number of thioether (sulfide) groups is 1. The van der Waals surface area contributed by atoms with Crippen LogP contribution in [0.3, 0.4) is 0 Å². The number of nitrogens with one attached hydrogen (secondary N) is 1. The van der Waals surface area contributed by atoms with Crippen molar-refractivity contribution in [2.75, 3.05) is 18.2 Å². The smallest absolute Gasteiger partial charge is 0.262 e. The van der Waals surface area contributed by atoms with Crippen molar-refractivity contribution in [3.05, 3.63) is 53.1 Å². The molecule has 1 amide bonds. The number of carbonyl (C=O) groups is 1. The molecule has 6 heteroatoms. The molecule has 22 heavy (non-hydrogen) atoms. The van der Waals surface area contributed by atoms with Gasteiger partial charge in [-0.2, -0.15) is 5.26 Å². The number of amides is 1. The second-order valence-corrected chi connectivity index (χ2v) is 5.63. The lowest BCUT2D eigenvalue weighted by atomic mass is 10.2. The van der Waals surface area contributed by atoms with Crippen LogP contribution in [0.25, 0.3) is 0 Å². The first-order chi connectivity index (χ1) is 10.6. The second kappa shape index (κ2) is 7.74. The maximum absolute atomic E-state index is 11.9. The molecule has 2 aromatic carbocycles. The third-order valence-electron chi connectivity index (χ3n) is 2.81. The van der Waals surface area contributed by atoms with E-state index in [1.807, 2.05) is 24.5 Å². The average molecular weight is 333 g/mol. The summed E-state index contributed by atoms with van der Waals surface area (Å²) >= 11 is 7.50. The molecule has 0 fully saturated rings. The van der Waals surface area contributed by atoms with Gasteiger partial charge in [0.25, 0.3) is 5.91 Å². The van der Waals surface area contributed by atoms with E-state index in [1.165, 1.54) is 6.07 Å². The number of nitriles is 1. The summed E-state index contributed by atoms with van der Waals surface area (Å²) in [6, 6.07) is 14.1. The van der Waals surface area contributed by atoms with Crippen LogP contribution >= 0.6 is 23.4 Å². The number of benzene rings is 2. The van der Waals surface area contributed by atoms with Crippen LogP contribution in [-0.4, -0.2) is 18.8 Å². The van der Waals surface area contributed by atoms with Gasteiger partial charge in [0.15, 0.2) is 6.61 Å². The Morgan fingerprint density at radius 1 is 1.32 bits per heavy atom. The van der Waals surface area contributed by atoms with Crippen molar-refractivity contribution in [2.24, 2.45) is 0 Å². The molecule has 2 aromatic rings. The van der Waals surface area contributed by atoms with Crippen molar-refractivity contribution in [1.82, 2.24) is 0 Å². The Morgan fingerprint density at radius 2 is 2.05 bits per heavy atom. The SMILES string of the molecule is CSc1ccc(OCC(=O)Nc2cc(Cl)ccc2C#N)cc1. The Balaban J connectivity index is 1.95. The fourth-order valence-electron chi connectivity index (χ4n) is 1.72. The molecule has 2 rings (SSSR count). The van der Waals surface area contributed by atoms with Crippen LogP contribution in [0, 0.1) is 11.3 Å². The molecule has 0 saturated carbocycles. The van der Waals surface area contributed by atoms with E-state index in [0.717, 1.165) is 4.90 Å². The van der Waals surface area contributed by atoms with E-state index in [0.29, 0.717) is 22.0 Å². The standard InChI is InChI=1S/C16H13ClN2O2S/c1-22-14-6-4-13(5-7-14)21-10-16(20)19-15-8-12(17)3-2-11(15)9-18/h2-8H,10H2,1H3,(H,19,20). The second-order valence-electron chi connectivity index (χ2n) is 4.31. The monoisotopic (exact) mass is 332 g/mol. The molecule has 0 bridgehead atoms. The van der Waals surface area contributed by atoms with E-state index in [-0.39, 0.29) is 12.5 Å². The molecule has 112 valence electrons. The van der Waals surface area contributed by atoms with Gasteiger partial charge in [0, 0.05) is 9.92 Å². The zero-order valence-electron chi connectivity index (χ0n) is 11.8. The fourth-order valence-corrected chi connectivity index (χ4v) is 2.30. The minimum absolute atomic E-state index is 0.143. The first-order valence-corrected chi connectivity index (χ1v) is 7.99. The molecule has 0 aliphatic rings. The highest BCUT2D eigenvalue weighted by Gasteiger charge is 2.08. The van der Waals surface area contributed by atoms with Crippen LogP contribution in [0.4, 0.5) is 5.69 Å². The van der Waals surface area contributed by atoms with Crippen molar-refractivity contribution in [3.63, 3.8) is 0 Å². The molecule has 0 aromatic heterocycles. The Morgan fingerprint density at radius 3 is 2.68 bits per heavy atom. The summed E-state index contributed by atoms with van der Waals surface area (Å²) in [5.74, 6) is 0.257. The average Bonchev–Trinajstić information content (AvgIpc) is 2.53. The number of hydrogen-bond acceptors (Lipinski definition) is 4. The molecule has 0 atom stereocenters. The highest BCUT2D eigenvalue weighted by Crippen LogP contribution is 2.21. The van der Waals surface area contributed by atoms with E-state index in [4.69, 9.17) is 21.6 Å². The molecule has 0 aliphatic carbocycles. The summed E-state index contributed by atoms with van der Waals surface area (Å²) in [4.78, 5) is 13.0. The highest BCUT2D eigenvalue weighted by atomic mass is 35.5. The number of nitrogens with zero attached hydrogens (tertiary/aromatic N) is 1. The predicted molar refractivity (Wildman–Crippen MR) is 88.5 cm³/mol. The van der Waals surface area contributed by atoms with Crippen molar-refractivity contribution < 1.29 is 9.53 Å². The number of hydrogen-bond donors (Lipinski definition) is 1. The van der Waals surface area contributed by atoms with Crippen LogP contribution in [0.1, 0.15) is 5.56 Å². The largest absolute Gasteiger partial charge is 0.484 e. The van der Waals surface area contributed by atoms with Gasteiger partial charge in [-0.15, -0.1) is 11.8 Å². The van der Waals surface area contributed by atoms with Gasteiger partial charge in [-0.05, 0) is 48.7 Å². The van der Waals surface area contributed by atoms with Crippen LogP contribution in [0.5, 0.6) is 5.75 Å². The molecule has 0 heterocycles. The number of halogens is 1. The Kier molecular flexibility index (Phi) is 5.70. The minimum Gasteiger partial charge on any atom is -0.484 e. The summed E-state index contributed by atoms with van der Waals surface area (Å²) < 4.78 is 5.41. The molecule has 0 saturated heterocycles. The van der Waals surface area contributed by atoms with Crippen molar-refractivity contribution >= 4 is 35.0 Å². The molecule has 0 aliphatic heterocycles. The summed E-state index contributed by atoms with van der Waals surface area (Å²) in [5, 5.41) is 12.1. The lowest BCUT2D eigenvalue weighted by molar-refractivity contribution is -0.118. The van der Waals surface area contributed by atoms with Crippen molar-refractivity contribution in [1.29, 1.82) is 5.26 Å². The molecule has 0 radical (unpaired) electrons. The highest BCUT2D eigenvalue weighted by molar-refractivity contribution is 7.98. The summed E-state index contributed by atoms with van der Waals surface area (Å²) in [7, 11) is 0. The molecule has 0 unspecified atom stereocenters. The summed E-state index contributed by atoms with van der Waals surface area (Å²) in [6.07, 6.45) is 1.99. The van der Waals surface area contributed by atoms with Gasteiger partial charge in [-0.25, -0.2) is 0 Å². The van der Waals surface area contributed by atoms with Gasteiger partial charge < -0.3 is 10.1 Å². The summed E-state index contributed by atoms with van der Waals surface area (Å²) in [6.45, 7) is -0.143. The quantitative estimate of drug-likeness (QED) is 0.842. The molecule has 0 spiro atoms. The van der Waals surface area contributed by atoms with E-state index < -0.39 is 0 Å². The minimum atomic E-state index is -0.354. The lowest BCUT2D eigenvalue weighted by Crippen LogP contribution is -2.20. The maximum Gasteiger partial charge on any atom is 0.262 e. The molecule has 4 nitrogen and oxygen atoms in total. The van der Waals surface area contributed by atoms with Crippen molar-refractivity contribution in [2.45, 2.75) is 4.90 Å². The van der Waals surface area contributed by atoms with Gasteiger partial charge >= 0.3 is 0 Å². The lowest BCUT2D eigenvalue weighted by Gasteiger charge is -2.09. The fraction of sp³-hybridized carbons (Fsp3) is 0.125.